The van der Waals surface area contributed by atoms with Gasteiger partial charge in [0.05, 0.1) is 6.61 Å². The van der Waals surface area contributed by atoms with E-state index in [0.717, 1.165) is 17.7 Å². The predicted molar refractivity (Wildman–Crippen MR) is 116 cm³/mol. The molecule has 0 bridgehead atoms. The fourth-order valence-electron chi connectivity index (χ4n) is 4.30. The fraction of sp³-hybridized carbons (Fsp3) is 0.346. The van der Waals surface area contributed by atoms with Crippen molar-refractivity contribution in [1.29, 1.82) is 0 Å². The molecule has 2 aromatic carbocycles. The third kappa shape index (κ3) is 3.62. The van der Waals surface area contributed by atoms with Crippen LogP contribution < -0.4 is 4.74 Å². The van der Waals surface area contributed by atoms with Crippen LogP contribution in [0.4, 0.5) is 0 Å². The Morgan fingerprint density at radius 3 is 2.59 bits per heavy atom. The number of hydrogen-bond acceptors (Lipinski definition) is 2. The second-order valence-electron chi connectivity index (χ2n) is 9.25. The molecule has 0 unspecified atom stereocenters. The maximum atomic E-state index is 10.8. The van der Waals surface area contributed by atoms with Crippen molar-refractivity contribution in [3.8, 4) is 16.9 Å². The van der Waals surface area contributed by atoms with Gasteiger partial charge in [0, 0.05) is 22.6 Å². The van der Waals surface area contributed by atoms with Gasteiger partial charge in [-0.15, -0.1) is 0 Å². The van der Waals surface area contributed by atoms with Crippen molar-refractivity contribution >= 4 is 5.97 Å². The summed E-state index contributed by atoms with van der Waals surface area (Å²) >= 11 is 0. The highest BCUT2D eigenvalue weighted by Gasteiger charge is 2.50. The van der Waals surface area contributed by atoms with E-state index in [4.69, 9.17) is 9.84 Å². The van der Waals surface area contributed by atoms with Crippen LogP contribution in [0.3, 0.4) is 0 Å². The number of benzene rings is 2. The van der Waals surface area contributed by atoms with Crippen molar-refractivity contribution in [3.63, 3.8) is 0 Å². The van der Waals surface area contributed by atoms with Crippen molar-refractivity contribution in [1.82, 2.24) is 0 Å². The minimum atomic E-state index is -0.904. The van der Waals surface area contributed by atoms with Crippen LogP contribution in [0.1, 0.15) is 45.2 Å². The molecule has 1 heterocycles. The predicted octanol–water partition coefficient (Wildman–Crippen LogP) is 5.89. The number of fused-ring (bicyclic) bond motifs is 1. The Hall–Kier alpha value is -2.81. The molecule has 1 aliphatic heterocycles. The van der Waals surface area contributed by atoms with E-state index in [1.165, 1.54) is 28.3 Å². The number of rotatable bonds is 5. The number of aliphatic carboxylic acids is 1. The topological polar surface area (TPSA) is 46.5 Å². The SMILES string of the molecule is CC(/C=C/[C@@H]1C[C@]1(C)c1cc(-c2ccccc2)c2c(c1)C(C)(C)CO2)=C\C(=O)O. The number of ether oxygens (including phenoxy) is 1. The second kappa shape index (κ2) is 6.91. The molecule has 0 spiro atoms. The first-order chi connectivity index (χ1) is 13.7. The molecule has 2 aliphatic rings. The van der Waals surface area contributed by atoms with E-state index in [9.17, 15) is 4.79 Å². The van der Waals surface area contributed by atoms with Gasteiger partial charge in [-0.05, 0) is 47.4 Å². The van der Waals surface area contributed by atoms with E-state index >= 15 is 0 Å². The van der Waals surface area contributed by atoms with Gasteiger partial charge in [0.2, 0.25) is 0 Å². The van der Waals surface area contributed by atoms with E-state index in [1.54, 1.807) is 0 Å². The van der Waals surface area contributed by atoms with Gasteiger partial charge in [-0.2, -0.15) is 0 Å². The summed E-state index contributed by atoms with van der Waals surface area (Å²) in [5.41, 5.74) is 5.79. The van der Waals surface area contributed by atoms with Crippen LogP contribution in [-0.4, -0.2) is 17.7 Å². The number of carbonyl (C=O) groups is 1. The van der Waals surface area contributed by atoms with Crippen molar-refractivity contribution in [2.45, 2.75) is 44.9 Å². The Bertz CT molecular complexity index is 1010. The average Bonchev–Trinajstić information content (AvgIpc) is 3.25. The molecule has 0 amide bonds. The summed E-state index contributed by atoms with van der Waals surface area (Å²) in [4.78, 5) is 10.8. The molecule has 150 valence electrons. The van der Waals surface area contributed by atoms with Crippen molar-refractivity contribution in [2.24, 2.45) is 5.92 Å². The normalized spacial score (nSPS) is 25.0. The first-order valence-corrected chi connectivity index (χ1v) is 10.2. The van der Waals surface area contributed by atoms with Gasteiger partial charge in [0.25, 0.3) is 0 Å². The smallest absolute Gasteiger partial charge is 0.328 e. The summed E-state index contributed by atoms with van der Waals surface area (Å²) in [6.07, 6.45) is 6.41. The molecule has 3 heteroatoms. The lowest BCUT2D eigenvalue weighted by Crippen LogP contribution is -2.18. The Balaban J connectivity index is 1.72. The van der Waals surface area contributed by atoms with Crippen molar-refractivity contribution in [3.05, 3.63) is 77.4 Å². The Kier molecular flexibility index (Phi) is 4.65. The molecule has 3 nitrogen and oxygen atoms in total. The van der Waals surface area contributed by atoms with Crippen LogP contribution in [0, 0.1) is 5.92 Å². The molecule has 0 aromatic heterocycles. The number of hydrogen-bond donors (Lipinski definition) is 1. The molecule has 0 radical (unpaired) electrons. The van der Waals surface area contributed by atoms with Crippen molar-refractivity contribution < 1.29 is 14.6 Å². The summed E-state index contributed by atoms with van der Waals surface area (Å²) in [5.74, 6) is 0.521. The molecule has 1 fully saturated rings. The van der Waals surface area contributed by atoms with Crippen LogP contribution in [0.25, 0.3) is 11.1 Å². The summed E-state index contributed by atoms with van der Waals surface area (Å²) in [7, 11) is 0. The fourth-order valence-corrected chi connectivity index (χ4v) is 4.30. The van der Waals surface area contributed by atoms with Gasteiger partial charge in [-0.3, -0.25) is 0 Å². The molecule has 1 saturated carbocycles. The first-order valence-electron chi connectivity index (χ1n) is 10.2. The molecule has 0 saturated heterocycles. The minimum Gasteiger partial charge on any atom is -0.492 e. The van der Waals surface area contributed by atoms with Gasteiger partial charge < -0.3 is 9.84 Å². The van der Waals surface area contributed by atoms with Crippen LogP contribution in [0.2, 0.25) is 0 Å². The van der Waals surface area contributed by atoms with Gasteiger partial charge in [0.1, 0.15) is 5.75 Å². The van der Waals surface area contributed by atoms with E-state index in [1.807, 2.05) is 19.1 Å². The lowest BCUT2D eigenvalue weighted by Gasteiger charge is -2.20. The van der Waals surface area contributed by atoms with Gasteiger partial charge in [0.15, 0.2) is 0 Å². The maximum Gasteiger partial charge on any atom is 0.328 e. The third-order valence-corrected chi connectivity index (χ3v) is 6.38. The lowest BCUT2D eigenvalue weighted by atomic mass is 9.81. The van der Waals surface area contributed by atoms with Crippen LogP contribution >= 0.6 is 0 Å². The quantitative estimate of drug-likeness (QED) is 0.513. The van der Waals surface area contributed by atoms with Crippen molar-refractivity contribution in [2.75, 3.05) is 6.61 Å². The number of carboxylic acid groups (broad SMARTS) is 1. The first kappa shape index (κ1) is 19.5. The highest BCUT2D eigenvalue weighted by Crippen LogP contribution is 2.57. The molecule has 1 aliphatic carbocycles. The molecule has 29 heavy (non-hydrogen) atoms. The largest absolute Gasteiger partial charge is 0.492 e. The third-order valence-electron chi connectivity index (χ3n) is 6.38. The monoisotopic (exact) mass is 388 g/mol. The summed E-state index contributed by atoms with van der Waals surface area (Å²) in [6, 6.07) is 15.1. The molecule has 2 aromatic rings. The van der Waals surface area contributed by atoms with Gasteiger partial charge in [-0.25, -0.2) is 4.79 Å². The second-order valence-corrected chi connectivity index (χ2v) is 9.25. The zero-order chi connectivity index (χ0) is 20.8. The molecule has 4 rings (SSSR count). The van der Waals surface area contributed by atoms with Gasteiger partial charge in [-0.1, -0.05) is 69.3 Å². The number of allylic oxidation sites excluding steroid dienone is 3. The zero-order valence-electron chi connectivity index (χ0n) is 17.5. The van der Waals surface area contributed by atoms with Gasteiger partial charge >= 0.3 is 5.97 Å². The highest BCUT2D eigenvalue weighted by atomic mass is 16.5. The van der Waals surface area contributed by atoms with E-state index in [2.05, 4.69) is 63.2 Å². The Labute approximate surface area is 172 Å². The minimum absolute atomic E-state index is 0.00767. The van der Waals surface area contributed by atoms with Crippen LogP contribution in [-0.2, 0) is 15.6 Å². The maximum absolute atomic E-state index is 10.8. The standard InChI is InChI=1S/C26H28O3/c1-17(12-23(27)28)10-11-19-15-26(19,4)20-13-21(18-8-6-5-7-9-18)24-22(14-20)25(2,3)16-29-24/h5-14,19H,15-16H2,1-4H3,(H,27,28)/b11-10+,17-12+/t19-,26+/m1/s1. The van der Waals surface area contributed by atoms with Crippen LogP contribution in [0.15, 0.2) is 66.3 Å². The summed E-state index contributed by atoms with van der Waals surface area (Å²) < 4.78 is 6.15. The molecule has 1 N–H and O–H groups in total. The molecule has 2 atom stereocenters. The van der Waals surface area contributed by atoms with E-state index in [0.29, 0.717) is 12.5 Å². The lowest BCUT2D eigenvalue weighted by molar-refractivity contribution is -0.131. The van der Waals surface area contributed by atoms with E-state index in [-0.39, 0.29) is 10.8 Å². The number of carboxylic acids is 1. The molecular formula is C26H28O3. The van der Waals surface area contributed by atoms with Crippen LogP contribution in [0.5, 0.6) is 5.75 Å². The summed E-state index contributed by atoms with van der Waals surface area (Å²) in [5, 5.41) is 8.90. The van der Waals surface area contributed by atoms with E-state index < -0.39 is 5.97 Å². The molecular weight excluding hydrogens is 360 g/mol. The highest BCUT2D eigenvalue weighted by molar-refractivity contribution is 5.81. The summed E-state index contributed by atoms with van der Waals surface area (Å²) in [6.45, 7) is 9.31. The average molecular weight is 389 g/mol. The Morgan fingerprint density at radius 1 is 1.17 bits per heavy atom. The Morgan fingerprint density at radius 2 is 1.90 bits per heavy atom. The zero-order valence-corrected chi connectivity index (χ0v) is 17.5.